The number of para-hydroxylation sites is 1. The smallest absolute Gasteiger partial charge is 0.276 e. The molecule has 3 rings (SSSR count). The van der Waals surface area contributed by atoms with Gasteiger partial charge in [-0.1, -0.05) is 55.3 Å². The van der Waals surface area contributed by atoms with Crippen molar-refractivity contribution in [1.29, 1.82) is 0 Å². The van der Waals surface area contributed by atoms with Crippen molar-refractivity contribution in [2.75, 3.05) is 10.9 Å². The Bertz CT molecular complexity index is 1150. The second-order valence-corrected chi connectivity index (χ2v) is 9.37. The molecule has 0 aromatic heterocycles. The van der Waals surface area contributed by atoms with Crippen LogP contribution >= 0.6 is 0 Å². The maximum Gasteiger partial charge on any atom is 0.276 e. The van der Waals surface area contributed by atoms with Gasteiger partial charge in [-0.25, -0.2) is 8.42 Å². The Morgan fingerprint density at radius 2 is 1.56 bits per heavy atom. The third kappa shape index (κ3) is 5.19. The summed E-state index contributed by atoms with van der Waals surface area (Å²) in [7, 11) is -4.15. The molecule has 0 heterocycles. The molecule has 0 spiro atoms. The van der Waals surface area contributed by atoms with Crippen LogP contribution in [0.1, 0.15) is 48.2 Å². The highest BCUT2D eigenvalue weighted by Gasteiger charge is 2.33. The second-order valence-electron chi connectivity index (χ2n) is 7.59. The molecule has 3 aromatic rings. The highest BCUT2D eigenvalue weighted by molar-refractivity contribution is 7.93. The van der Waals surface area contributed by atoms with Crippen molar-refractivity contribution in [3.8, 4) is 5.75 Å². The van der Waals surface area contributed by atoms with Crippen molar-refractivity contribution in [3.05, 3.63) is 89.5 Å². The molecule has 0 saturated carbocycles. The molecule has 0 bridgehead atoms. The lowest BCUT2D eigenvalue weighted by atomic mass is 10.1. The Labute approximate surface area is 190 Å². The SMILES string of the molecule is CCCCc1ccc(N(C(=O)c2ccccc2OCC)S(=O)(=O)c2ccc(C)cc2)cc1. The summed E-state index contributed by atoms with van der Waals surface area (Å²) in [6, 6.07) is 20.3. The lowest BCUT2D eigenvalue weighted by Crippen LogP contribution is -2.37. The Kier molecular flexibility index (Phi) is 7.70. The summed E-state index contributed by atoms with van der Waals surface area (Å²) in [5.41, 5.74) is 2.52. The number of nitrogens with zero attached hydrogens (tertiary/aromatic N) is 1. The van der Waals surface area contributed by atoms with Crippen molar-refractivity contribution < 1.29 is 17.9 Å². The van der Waals surface area contributed by atoms with E-state index in [1.165, 1.54) is 12.1 Å². The van der Waals surface area contributed by atoms with E-state index < -0.39 is 15.9 Å². The third-order valence-corrected chi connectivity index (χ3v) is 6.88. The molecular formula is C26H29NO4S. The summed E-state index contributed by atoms with van der Waals surface area (Å²) in [4.78, 5) is 13.7. The van der Waals surface area contributed by atoms with Gasteiger partial charge in [0.25, 0.3) is 15.9 Å². The minimum atomic E-state index is -4.15. The van der Waals surface area contributed by atoms with Gasteiger partial charge in [0.2, 0.25) is 0 Å². The van der Waals surface area contributed by atoms with Gasteiger partial charge in [-0.05, 0) is 68.7 Å². The third-order valence-electron chi connectivity index (χ3n) is 5.15. The largest absolute Gasteiger partial charge is 0.493 e. The number of ether oxygens (including phenoxy) is 1. The molecular weight excluding hydrogens is 422 g/mol. The first kappa shape index (κ1) is 23.5. The molecule has 0 atom stereocenters. The molecule has 6 heteroatoms. The van der Waals surface area contributed by atoms with E-state index in [9.17, 15) is 13.2 Å². The van der Waals surface area contributed by atoms with Gasteiger partial charge in [-0.3, -0.25) is 4.79 Å². The zero-order valence-corrected chi connectivity index (χ0v) is 19.6. The molecule has 0 fully saturated rings. The van der Waals surface area contributed by atoms with E-state index in [0.29, 0.717) is 18.0 Å². The summed E-state index contributed by atoms with van der Waals surface area (Å²) in [5, 5.41) is 0. The number of aryl methyl sites for hydroxylation is 2. The van der Waals surface area contributed by atoms with Crippen molar-refractivity contribution in [3.63, 3.8) is 0 Å². The van der Waals surface area contributed by atoms with Crippen LogP contribution in [0.15, 0.2) is 77.7 Å². The monoisotopic (exact) mass is 451 g/mol. The van der Waals surface area contributed by atoms with Crippen LogP contribution < -0.4 is 9.04 Å². The zero-order valence-electron chi connectivity index (χ0n) is 18.7. The molecule has 32 heavy (non-hydrogen) atoms. The molecule has 0 aliphatic heterocycles. The predicted octanol–water partition coefficient (Wildman–Crippen LogP) is 5.77. The Morgan fingerprint density at radius 3 is 2.19 bits per heavy atom. The first-order chi connectivity index (χ1) is 15.4. The van der Waals surface area contributed by atoms with Crippen LogP contribution in [0.5, 0.6) is 5.75 Å². The fourth-order valence-electron chi connectivity index (χ4n) is 3.39. The van der Waals surface area contributed by atoms with Gasteiger partial charge in [0.1, 0.15) is 5.75 Å². The fraction of sp³-hybridized carbons (Fsp3) is 0.269. The summed E-state index contributed by atoms with van der Waals surface area (Å²) in [5.74, 6) is -0.306. The summed E-state index contributed by atoms with van der Waals surface area (Å²) in [6.45, 7) is 6.18. The van der Waals surface area contributed by atoms with Crippen LogP contribution in [-0.2, 0) is 16.4 Å². The molecule has 0 aliphatic carbocycles. The minimum Gasteiger partial charge on any atom is -0.493 e. The highest BCUT2D eigenvalue weighted by atomic mass is 32.2. The number of carbonyl (C=O) groups is 1. The molecule has 5 nitrogen and oxygen atoms in total. The maximum absolute atomic E-state index is 13.7. The van der Waals surface area contributed by atoms with Crippen molar-refractivity contribution in [2.45, 2.75) is 44.9 Å². The van der Waals surface area contributed by atoms with E-state index >= 15 is 0 Å². The minimum absolute atomic E-state index is 0.0559. The van der Waals surface area contributed by atoms with Crippen LogP contribution in [-0.4, -0.2) is 20.9 Å². The number of anilines is 1. The number of sulfonamides is 1. The first-order valence-corrected chi connectivity index (χ1v) is 12.3. The van der Waals surface area contributed by atoms with Crippen LogP contribution in [0.4, 0.5) is 5.69 Å². The average molecular weight is 452 g/mol. The molecule has 168 valence electrons. The second kappa shape index (κ2) is 10.5. The standard InChI is InChI=1S/C26H29NO4S/c1-4-6-9-21-14-16-22(17-15-21)27(32(29,30)23-18-12-20(3)13-19-23)26(28)24-10-7-8-11-25(24)31-5-2/h7-8,10-19H,4-6,9H2,1-3H3. The highest BCUT2D eigenvalue weighted by Crippen LogP contribution is 2.29. The topological polar surface area (TPSA) is 63.7 Å². The molecule has 0 unspecified atom stereocenters. The Balaban J connectivity index is 2.11. The van der Waals surface area contributed by atoms with Gasteiger partial charge in [0.15, 0.2) is 0 Å². The molecule has 0 saturated heterocycles. The van der Waals surface area contributed by atoms with Crippen LogP contribution in [0, 0.1) is 6.92 Å². The number of benzene rings is 3. The summed E-state index contributed by atoms with van der Waals surface area (Å²) >= 11 is 0. The van der Waals surface area contributed by atoms with Gasteiger partial charge in [0, 0.05) is 0 Å². The number of carbonyl (C=O) groups excluding carboxylic acids is 1. The number of unbranched alkanes of at least 4 members (excludes halogenated alkanes) is 1. The van der Waals surface area contributed by atoms with Crippen molar-refractivity contribution >= 4 is 21.6 Å². The lowest BCUT2D eigenvalue weighted by Gasteiger charge is -2.24. The molecule has 0 N–H and O–H groups in total. The van der Waals surface area contributed by atoms with E-state index in [4.69, 9.17) is 4.74 Å². The molecule has 0 radical (unpaired) electrons. The normalized spacial score (nSPS) is 11.2. The van der Waals surface area contributed by atoms with Gasteiger partial charge in [0.05, 0.1) is 22.8 Å². The van der Waals surface area contributed by atoms with E-state index in [0.717, 1.165) is 34.7 Å². The van der Waals surface area contributed by atoms with E-state index in [1.54, 1.807) is 48.5 Å². The maximum atomic E-state index is 13.7. The molecule has 1 amide bonds. The van der Waals surface area contributed by atoms with Gasteiger partial charge in [-0.15, -0.1) is 0 Å². The van der Waals surface area contributed by atoms with Gasteiger partial charge < -0.3 is 4.74 Å². The van der Waals surface area contributed by atoms with E-state index in [2.05, 4.69) is 6.92 Å². The number of amides is 1. The average Bonchev–Trinajstić information content (AvgIpc) is 2.79. The molecule has 0 aliphatic rings. The lowest BCUT2D eigenvalue weighted by molar-refractivity contribution is 0.100. The number of rotatable bonds is 9. The first-order valence-electron chi connectivity index (χ1n) is 10.9. The van der Waals surface area contributed by atoms with Crippen molar-refractivity contribution in [2.24, 2.45) is 0 Å². The fourth-order valence-corrected chi connectivity index (χ4v) is 4.80. The number of hydrogen-bond acceptors (Lipinski definition) is 4. The van der Waals surface area contributed by atoms with Crippen LogP contribution in [0.3, 0.4) is 0 Å². The summed E-state index contributed by atoms with van der Waals surface area (Å²) in [6.07, 6.45) is 3.02. The predicted molar refractivity (Wildman–Crippen MR) is 128 cm³/mol. The molecule has 3 aromatic carbocycles. The van der Waals surface area contributed by atoms with Gasteiger partial charge >= 0.3 is 0 Å². The zero-order chi connectivity index (χ0) is 23.1. The summed E-state index contributed by atoms with van der Waals surface area (Å²) < 4.78 is 33.8. The Hall–Kier alpha value is -3.12. The Morgan fingerprint density at radius 1 is 0.906 bits per heavy atom. The van der Waals surface area contributed by atoms with E-state index in [-0.39, 0.29) is 10.5 Å². The van der Waals surface area contributed by atoms with E-state index in [1.807, 2.05) is 26.0 Å². The van der Waals surface area contributed by atoms with Crippen LogP contribution in [0.25, 0.3) is 0 Å². The quantitative estimate of drug-likeness (QED) is 0.414. The van der Waals surface area contributed by atoms with Gasteiger partial charge in [-0.2, -0.15) is 4.31 Å². The number of hydrogen-bond donors (Lipinski definition) is 0. The van der Waals surface area contributed by atoms with Crippen LogP contribution in [0.2, 0.25) is 0 Å². The van der Waals surface area contributed by atoms with Crippen molar-refractivity contribution in [1.82, 2.24) is 0 Å².